The second-order valence-corrected chi connectivity index (χ2v) is 5.79. The van der Waals surface area contributed by atoms with E-state index in [1.54, 1.807) is 6.20 Å². The molecule has 118 valence electrons. The van der Waals surface area contributed by atoms with Crippen molar-refractivity contribution in [3.8, 4) is 0 Å². The Hall–Kier alpha value is -2.59. The molecule has 1 aromatic heterocycles. The number of nitrogens with zero attached hydrogens (tertiary/aromatic N) is 3. The second-order valence-electron chi connectivity index (χ2n) is 5.79. The zero-order valence-electron chi connectivity index (χ0n) is 13.4. The Kier molecular flexibility index (Phi) is 4.44. The number of rotatable bonds is 5. The van der Waals surface area contributed by atoms with Gasteiger partial charge in [-0.15, -0.1) is 0 Å². The summed E-state index contributed by atoms with van der Waals surface area (Å²) in [5.41, 5.74) is 3.13. The van der Waals surface area contributed by atoms with Gasteiger partial charge in [0.2, 0.25) is 0 Å². The maximum absolute atomic E-state index is 10.7. The van der Waals surface area contributed by atoms with Crippen molar-refractivity contribution >= 4 is 5.69 Å². The zero-order valence-corrected chi connectivity index (χ0v) is 13.4. The molecule has 0 saturated carbocycles. The van der Waals surface area contributed by atoms with E-state index in [0.29, 0.717) is 12.4 Å². The normalized spacial score (nSPS) is 12.1. The molecule has 0 aliphatic carbocycles. The third-order valence-electron chi connectivity index (χ3n) is 3.91. The molecule has 0 aliphatic heterocycles. The molecule has 23 heavy (non-hydrogen) atoms. The van der Waals surface area contributed by atoms with Crippen molar-refractivity contribution in [3.63, 3.8) is 0 Å². The first-order valence-corrected chi connectivity index (χ1v) is 7.65. The number of anilines is 1. The van der Waals surface area contributed by atoms with Crippen molar-refractivity contribution in [2.24, 2.45) is 0 Å². The molecule has 1 atom stereocenters. The lowest BCUT2D eigenvalue weighted by molar-refractivity contribution is 0.205. The summed E-state index contributed by atoms with van der Waals surface area (Å²) in [4.78, 5) is 6.38. The van der Waals surface area contributed by atoms with Crippen molar-refractivity contribution in [3.05, 3.63) is 83.9 Å². The number of benzene rings is 2. The minimum Gasteiger partial charge on any atom is -0.380 e. The van der Waals surface area contributed by atoms with E-state index in [9.17, 15) is 5.11 Å². The third kappa shape index (κ3) is 3.43. The quantitative estimate of drug-likeness (QED) is 0.787. The van der Waals surface area contributed by atoms with Crippen molar-refractivity contribution in [2.75, 3.05) is 19.0 Å². The van der Waals surface area contributed by atoms with Crippen LogP contribution in [0.5, 0.6) is 0 Å². The molecule has 4 heteroatoms. The monoisotopic (exact) mass is 307 g/mol. The molecule has 2 aromatic carbocycles. The number of hydrogen-bond acceptors (Lipinski definition) is 3. The number of imidazole rings is 1. The van der Waals surface area contributed by atoms with Crippen LogP contribution in [0.25, 0.3) is 0 Å². The number of aliphatic hydroxyl groups excluding tert-OH is 1. The maximum atomic E-state index is 10.7. The SMILES string of the molecule is CN(C)c1ccc([C@@H](O)c2nccn2Cc2ccccc2)cc1. The summed E-state index contributed by atoms with van der Waals surface area (Å²) in [6, 6.07) is 18.1. The van der Waals surface area contributed by atoms with E-state index >= 15 is 0 Å². The minimum absolute atomic E-state index is 0.659. The van der Waals surface area contributed by atoms with Crippen molar-refractivity contribution in [2.45, 2.75) is 12.6 Å². The molecule has 0 fully saturated rings. The fraction of sp³-hybridized carbons (Fsp3) is 0.211. The molecule has 1 N–H and O–H groups in total. The van der Waals surface area contributed by atoms with Crippen LogP contribution in [0.1, 0.15) is 23.1 Å². The van der Waals surface area contributed by atoms with Crippen LogP contribution in [-0.2, 0) is 6.54 Å². The number of aliphatic hydroxyl groups is 1. The summed E-state index contributed by atoms with van der Waals surface area (Å²) in [7, 11) is 4.00. The molecular weight excluding hydrogens is 286 g/mol. The highest BCUT2D eigenvalue weighted by Crippen LogP contribution is 2.23. The van der Waals surface area contributed by atoms with Gasteiger partial charge in [0.05, 0.1) is 0 Å². The van der Waals surface area contributed by atoms with Crippen LogP contribution in [0, 0.1) is 0 Å². The van der Waals surface area contributed by atoms with E-state index in [1.165, 1.54) is 5.56 Å². The van der Waals surface area contributed by atoms with Gasteiger partial charge in [0, 0.05) is 38.7 Å². The first kappa shape index (κ1) is 15.3. The first-order chi connectivity index (χ1) is 11.1. The Bertz CT molecular complexity index is 748. The lowest BCUT2D eigenvalue weighted by Gasteiger charge is -2.16. The lowest BCUT2D eigenvalue weighted by Crippen LogP contribution is -2.11. The van der Waals surface area contributed by atoms with Gasteiger partial charge in [0.15, 0.2) is 0 Å². The van der Waals surface area contributed by atoms with Gasteiger partial charge in [-0.25, -0.2) is 4.98 Å². The van der Waals surface area contributed by atoms with Gasteiger partial charge in [0.25, 0.3) is 0 Å². The maximum Gasteiger partial charge on any atom is 0.142 e. The smallest absolute Gasteiger partial charge is 0.142 e. The molecule has 0 spiro atoms. The van der Waals surface area contributed by atoms with Gasteiger partial charge < -0.3 is 14.6 Å². The molecule has 0 unspecified atom stereocenters. The number of aromatic nitrogens is 2. The van der Waals surface area contributed by atoms with Crippen LogP contribution in [-0.4, -0.2) is 28.8 Å². The highest BCUT2D eigenvalue weighted by Gasteiger charge is 2.16. The molecule has 4 nitrogen and oxygen atoms in total. The minimum atomic E-state index is -0.732. The van der Waals surface area contributed by atoms with Crippen LogP contribution < -0.4 is 4.90 Å². The van der Waals surface area contributed by atoms with Gasteiger partial charge in [-0.3, -0.25) is 0 Å². The summed E-state index contributed by atoms with van der Waals surface area (Å²) in [6.07, 6.45) is 2.90. The first-order valence-electron chi connectivity index (χ1n) is 7.65. The van der Waals surface area contributed by atoms with Crippen LogP contribution in [0.2, 0.25) is 0 Å². The highest BCUT2D eigenvalue weighted by molar-refractivity contribution is 5.46. The Labute approximate surface area is 136 Å². The largest absolute Gasteiger partial charge is 0.380 e. The fourth-order valence-electron chi connectivity index (χ4n) is 2.59. The lowest BCUT2D eigenvalue weighted by atomic mass is 10.1. The van der Waals surface area contributed by atoms with Crippen molar-refractivity contribution in [1.29, 1.82) is 0 Å². The summed E-state index contributed by atoms with van der Waals surface area (Å²) in [5.74, 6) is 0.659. The topological polar surface area (TPSA) is 41.3 Å². The average Bonchev–Trinajstić information content (AvgIpc) is 3.03. The van der Waals surface area contributed by atoms with Crippen LogP contribution in [0.4, 0.5) is 5.69 Å². The Balaban J connectivity index is 1.83. The van der Waals surface area contributed by atoms with Gasteiger partial charge >= 0.3 is 0 Å². The molecule has 3 rings (SSSR count). The predicted molar refractivity (Wildman–Crippen MR) is 92.6 cm³/mol. The van der Waals surface area contributed by atoms with Crippen molar-refractivity contribution < 1.29 is 5.11 Å². The average molecular weight is 307 g/mol. The van der Waals surface area contributed by atoms with Gasteiger partial charge in [0.1, 0.15) is 11.9 Å². The van der Waals surface area contributed by atoms with E-state index in [0.717, 1.165) is 11.3 Å². The van der Waals surface area contributed by atoms with E-state index in [4.69, 9.17) is 0 Å². The van der Waals surface area contributed by atoms with Crippen LogP contribution >= 0.6 is 0 Å². The van der Waals surface area contributed by atoms with E-state index in [1.807, 2.05) is 72.2 Å². The summed E-state index contributed by atoms with van der Waals surface area (Å²) < 4.78 is 1.99. The highest BCUT2D eigenvalue weighted by atomic mass is 16.3. The Morgan fingerprint density at radius 3 is 2.39 bits per heavy atom. The fourth-order valence-corrected chi connectivity index (χ4v) is 2.59. The molecule has 3 aromatic rings. The summed E-state index contributed by atoms with van der Waals surface area (Å²) in [5, 5.41) is 10.7. The summed E-state index contributed by atoms with van der Waals surface area (Å²) >= 11 is 0. The predicted octanol–water partition coefficient (Wildman–Crippen LogP) is 3.08. The molecule has 1 heterocycles. The molecule has 0 bridgehead atoms. The van der Waals surface area contributed by atoms with E-state index in [2.05, 4.69) is 17.1 Å². The summed E-state index contributed by atoms with van der Waals surface area (Å²) in [6.45, 7) is 0.697. The molecule has 0 saturated heterocycles. The van der Waals surface area contributed by atoms with Gasteiger partial charge in [-0.1, -0.05) is 42.5 Å². The van der Waals surface area contributed by atoms with E-state index in [-0.39, 0.29) is 0 Å². The van der Waals surface area contributed by atoms with Crippen LogP contribution in [0.15, 0.2) is 67.0 Å². The Morgan fingerprint density at radius 2 is 1.74 bits per heavy atom. The molecule has 0 amide bonds. The van der Waals surface area contributed by atoms with Gasteiger partial charge in [-0.05, 0) is 23.3 Å². The zero-order chi connectivity index (χ0) is 16.2. The molecule has 0 aliphatic rings. The van der Waals surface area contributed by atoms with Gasteiger partial charge in [-0.2, -0.15) is 0 Å². The van der Waals surface area contributed by atoms with Crippen molar-refractivity contribution in [1.82, 2.24) is 9.55 Å². The molecular formula is C19H21N3O. The second kappa shape index (κ2) is 6.67. The Morgan fingerprint density at radius 1 is 1.04 bits per heavy atom. The molecule has 0 radical (unpaired) electrons. The number of hydrogen-bond donors (Lipinski definition) is 1. The third-order valence-corrected chi connectivity index (χ3v) is 3.91. The van der Waals surface area contributed by atoms with Crippen LogP contribution in [0.3, 0.4) is 0 Å². The standard InChI is InChI=1S/C19H21N3O/c1-21(2)17-10-8-16(9-11-17)18(23)19-20-12-13-22(19)14-15-6-4-3-5-7-15/h3-13,18,23H,14H2,1-2H3/t18-/m1/s1. The van der Waals surface area contributed by atoms with E-state index < -0.39 is 6.10 Å².